The van der Waals surface area contributed by atoms with Gasteiger partial charge < -0.3 is 5.32 Å². The van der Waals surface area contributed by atoms with Gasteiger partial charge in [0.25, 0.3) is 0 Å². The molecule has 1 rings (SSSR count). The second kappa shape index (κ2) is 7.30. The van der Waals surface area contributed by atoms with Gasteiger partial charge in [0.2, 0.25) is 0 Å². The SMILES string of the molecule is CSC(C)CNCc1cnc(CC(C)C)s1. The van der Waals surface area contributed by atoms with Gasteiger partial charge in [0.15, 0.2) is 0 Å². The Morgan fingerprint density at radius 3 is 2.81 bits per heavy atom. The third-order valence-corrected chi connectivity index (χ3v) is 4.31. The molecule has 1 aromatic heterocycles. The highest BCUT2D eigenvalue weighted by atomic mass is 32.2. The van der Waals surface area contributed by atoms with E-state index >= 15 is 0 Å². The molecule has 1 heterocycles. The van der Waals surface area contributed by atoms with Gasteiger partial charge in [-0.2, -0.15) is 11.8 Å². The molecule has 1 unspecified atom stereocenters. The minimum atomic E-state index is 0.683. The highest BCUT2D eigenvalue weighted by Gasteiger charge is 2.04. The lowest BCUT2D eigenvalue weighted by molar-refractivity contribution is 0.644. The number of hydrogen-bond acceptors (Lipinski definition) is 4. The van der Waals surface area contributed by atoms with Crippen LogP contribution in [0.15, 0.2) is 6.20 Å². The number of nitrogens with zero attached hydrogens (tertiary/aromatic N) is 1. The third-order valence-electron chi connectivity index (χ3n) is 2.32. The fourth-order valence-corrected chi connectivity index (χ4v) is 2.74. The molecule has 92 valence electrons. The van der Waals surface area contributed by atoms with Crippen LogP contribution in [0.2, 0.25) is 0 Å². The monoisotopic (exact) mass is 258 g/mol. The Labute approximate surface area is 107 Å². The van der Waals surface area contributed by atoms with Crippen LogP contribution in [0.5, 0.6) is 0 Å². The zero-order valence-electron chi connectivity index (χ0n) is 10.6. The summed E-state index contributed by atoms with van der Waals surface area (Å²) in [6, 6.07) is 0. The molecule has 16 heavy (non-hydrogen) atoms. The van der Waals surface area contributed by atoms with E-state index in [0.29, 0.717) is 11.2 Å². The van der Waals surface area contributed by atoms with Crippen LogP contribution in [0, 0.1) is 5.92 Å². The highest BCUT2D eigenvalue weighted by Crippen LogP contribution is 2.16. The van der Waals surface area contributed by atoms with Crippen molar-refractivity contribution < 1.29 is 0 Å². The average Bonchev–Trinajstić information content (AvgIpc) is 2.64. The first-order chi connectivity index (χ1) is 7.61. The van der Waals surface area contributed by atoms with Crippen molar-refractivity contribution in [2.45, 2.75) is 39.0 Å². The molecule has 1 atom stereocenters. The summed E-state index contributed by atoms with van der Waals surface area (Å²) in [7, 11) is 0. The van der Waals surface area contributed by atoms with Crippen LogP contribution in [0.1, 0.15) is 30.7 Å². The number of hydrogen-bond donors (Lipinski definition) is 1. The van der Waals surface area contributed by atoms with Gasteiger partial charge in [0.1, 0.15) is 0 Å². The maximum atomic E-state index is 4.45. The average molecular weight is 258 g/mol. The van der Waals surface area contributed by atoms with Crippen LogP contribution in [0.25, 0.3) is 0 Å². The summed E-state index contributed by atoms with van der Waals surface area (Å²) in [6.45, 7) is 8.74. The summed E-state index contributed by atoms with van der Waals surface area (Å²) >= 11 is 3.74. The van der Waals surface area contributed by atoms with E-state index < -0.39 is 0 Å². The first-order valence-corrected chi connectivity index (χ1v) is 7.89. The van der Waals surface area contributed by atoms with Crippen molar-refractivity contribution in [1.29, 1.82) is 0 Å². The molecule has 0 radical (unpaired) electrons. The highest BCUT2D eigenvalue weighted by molar-refractivity contribution is 7.99. The van der Waals surface area contributed by atoms with Crippen LogP contribution in [0.4, 0.5) is 0 Å². The standard InChI is InChI=1S/C12H22N2S2/c1-9(2)5-12-14-8-11(16-12)7-13-6-10(3)15-4/h8-10,13H,5-7H2,1-4H3. The van der Waals surface area contributed by atoms with Gasteiger partial charge in [0.05, 0.1) is 5.01 Å². The Bertz CT molecular complexity index is 297. The van der Waals surface area contributed by atoms with Gasteiger partial charge >= 0.3 is 0 Å². The Balaban J connectivity index is 2.29. The van der Waals surface area contributed by atoms with Crippen molar-refractivity contribution in [2.24, 2.45) is 5.92 Å². The zero-order chi connectivity index (χ0) is 12.0. The van der Waals surface area contributed by atoms with Crippen LogP contribution in [-0.4, -0.2) is 23.0 Å². The summed E-state index contributed by atoms with van der Waals surface area (Å²) < 4.78 is 0. The number of aromatic nitrogens is 1. The molecule has 0 aliphatic heterocycles. The Kier molecular flexibility index (Phi) is 6.39. The summed E-state index contributed by atoms with van der Waals surface area (Å²) in [5, 5.41) is 5.42. The molecule has 0 spiro atoms. The molecule has 0 bridgehead atoms. The maximum absolute atomic E-state index is 4.45. The summed E-state index contributed by atoms with van der Waals surface area (Å²) in [5.74, 6) is 0.698. The molecule has 1 N–H and O–H groups in total. The molecule has 0 aliphatic carbocycles. The Morgan fingerprint density at radius 1 is 1.44 bits per heavy atom. The van der Waals surface area contributed by atoms with Gasteiger partial charge in [-0.25, -0.2) is 4.98 Å². The molecule has 4 heteroatoms. The van der Waals surface area contributed by atoms with E-state index in [4.69, 9.17) is 0 Å². The first-order valence-electron chi connectivity index (χ1n) is 5.79. The van der Waals surface area contributed by atoms with Crippen LogP contribution >= 0.6 is 23.1 Å². The van der Waals surface area contributed by atoms with E-state index in [0.717, 1.165) is 19.5 Å². The van der Waals surface area contributed by atoms with Crippen molar-refractivity contribution >= 4 is 23.1 Å². The van der Waals surface area contributed by atoms with Gasteiger partial charge in [-0.05, 0) is 12.2 Å². The van der Waals surface area contributed by atoms with Crippen LogP contribution in [0.3, 0.4) is 0 Å². The molecule has 0 amide bonds. The lowest BCUT2D eigenvalue weighted by atomic mass is 10.1. The van der Waals surface area contributed by atoms with E-state index in [1.807, 2.05) is 29.3 Å². The molecule has 1 aromatic rings. The fourth-order valence-electron chi connectivity index (χ4n) is 1.36. The maximum Gasteiger partial charge on any atom is 0.0930 e. The van der Waals surface area contributed by atoms with E-state index in [1.54, 1.807) is 0 Å². The van der Waals surface area contributed by atoms with E-state index in [1.165, 1.54) is 9.88 Å². The molecule has 0 saturated carbocycles. The molecule has 0 aromatic carbocycles. The molecule has 0 saturated heterocycles. The van der Waals surface area contributed by atoms with Crippen molar-refractivity contribution in [1.82, 2.24) is 10.3 Å². The van der Waals surface area contributed by atoms with Crippen molar-refractivity contribution in [2.75, 3.05) is 12.8 Å². The smallest absolute Gasteiger partial charge is 0.0930 e. The number of nitrogens with one attached hydrogen (secondary N) is 1. The molecular formula is C12H22N2S2. The zero-order valence-corrected chi connectivity index (χ0v) is 12.3. The van der Waals surface area contributed by atoms with Gasteiger partial charge in [-0.15, -0.1) is 11.3 Å². The largest absolute Gasteiger partial charge is 0.311 e. The Morgan fingerprint density at radius 2 is 2.19 bits per heavy atom. The molecule has 0 aliphatic rings. The summed E-state index contributed by atoms with van der Waals surface area (Å²) in [6.07, 6.45) is 5.27. The summed E-state index contributed by atoms with van der Waals surface area (Å²) in [4.78, 5) is 5.80. The molecule has 2 nitrogen and oxygen atoms in total. The number of thiazole rings is 1. The van der Waals surface area contributed by atoms with Crippen molar-refractivity contribution in [3.63, 3.8) is 0 Å². The first kappa shape index (κ1) is 14.0. The summed E-state index contributed by atoms with van der Waals surface area (Å²) in [5.41, 5.74) is 0. The van der Waals surface area contributed by atoms with E-state index in [-0.39, 0.29) is 0 Å². The minimum absolute atomic E-state index is 0.683. The lowest BCUT2D eigenvalue weighted by Gasteiger charge is -2.08. The normalized spacial score (nSPS) is 13.3. The molecular weight excluding hydrogens is 236 g/mol. The Hall–Kier alpha value is -0.0600. The minimum Gasteiger partial charge on any atom is -0.311 e. The predicted molar refractivity (Wildman–Crippen MR) is 75.3 cm³/mol. The van der Waals surface area contributed by atoms with Crippen molar-refractivity contribution in [3.05, 3.63) is 16.1 Å². The van der Waals surface area contributed by atoms with Gasteiger partial charge in [-0.1, -0.05) is 20.8 Å². The van der Waals surface area contributed by atoms with Gasteiger partial charge in [0, 0.05) is 35.8 Å². The quantitative estimate of drug-likeness (QED) is 0.813. The van der Waals surface area contributed by atoms with Gasteiger partial charge in [-0.3, -0.25) is 0 Å². The second-order valence-electron chi connectivity index (χ2n) is 4.50. The number of thioether (sulfide) groups is 1. The number of rotatable bonds is 7. The molecule has 0 fully saturated rings. The van der Waals surface area contributed by atoms with Crippen molar-refractivity contribution in [3.8, 4) is 0 Å². The predicted octanol–water partition coefficient (Wildman–Crippen LogP) is 3.18. The fraction of sp³-hybridized carbons (Fsp3) is 0.750. The second-order valence-corrected chi connectivity index (χ2v) is 6.97. The topological polar surface area (TPSA) is 24.9 Å². The van der Waals surface area contributed by atoms with Crippen LogP contribution < -0.4 is 5.32 Å². The lowest BCUT2D eigenvalue weighted by Crippen LogP contribution is -2.21. The third kappa shape index (κ3) is 5.32. The van der Waals surface area contributed by atoms with Crippen LogP contribution in [-0.2, 0) is 13.0 Å². The van der Waals surface area contributed by atoms with E-state index in [9.17, 15) is 0 Å². The van der Waals surface area contributed by atoms with E-state index in [2.05, 4.69) is 37.3 Å².